The summed E-state index contributed by atoms with van der Waals surface area (Å²) in [6.45, 7) is 0. The molecular formula is C18H13F2N5O3. The first kappa shape index (κ1) is 18.8. The zero-order valence-corrected chi connectivity index (χ0v) is 14.5. The van der Waals surface area contributed by atoms with Gasteiger partial charge in [0, 0.05) is 0 Å². The molecule has 1 aromatic carbocycles. The normalized spacial score (nSPS) is 10.2. The van der Waals surface area contributed by atoms with Crippen LogP contribution in [-0.2, 0) is 4.79 Å². The highest BCUT2D eigenvalue weighted by Crippen LogP contribution is 2.27. The lowest BCUT2D eigenvalue weighted by Crippen LogP contribution is -2.22. The highest BCUT2D eigenvalue weighted by Gasteiger charge is 2.21. The lowest BCUT2D eigenvalue weighted by Gasteiger charge is -2.18. The highest BCUT2D eigenvalue weighted by molar-refractivity contribution is 6.09. The first-order valence-corrected chi connectivity index (χ1v) is 7.85. The van der Waals surface area contributed by atoms with E-state index < -0.39 is 17.5 Å². The van der Waals surface area contributed by atoms with Crippen LogP contribution in [0.5, 0.6) is 5.75 Å². The van der Waals surface area contributed by atoms with Crippen molar-refractivity contribution in [2.75, 3.05) is 17.3 Å². The molecule has 0 fully saturated rings. The number of hydrogen-bond acceptors (Lipinski definition) is 6. The Hall–Kier alpha value is -3.95. The summed E-state index contributed by atoms with van der Waals surface area (Å²) in [5, 5.41) is 2.41. The number of ether oxygens (including phenoxy) is 1. The Balaban J connectivity index is 1.97. The van der Waals surface area contributed by atoms with E-state index in [0.717, 1.165) is 29.3 Å². The number of aromatic nitrogens is 3. The Labute approximate surface area is 157 Å². The summed E-state index contributed by atoms with van der Waals surface area (Å²) in [5.74, 6) is -1.64. The zero-order chi connectivity index (χ0) is 20.1. The third-order valence-electron chi connectivity index (χ3n) is 3.60. The largest absolute Gasteiger partial charge is 0.494 e. The lowest BCUT2D eigenvalue weighted by atomic mass is 10.1. The van der Waals surface area contributed by atoms with E-state index in [9.17, 15) is 18.4 Å². The zero-order valence-electron chi connectivity index (χ0n) is 14.5. The maximum absolute atomic E-state index is 13.8. The highest BCUT2D eigenvalue weighted by atomic mass is 19.1. The van der Waals surface area contributed by atoms with E-state index >= 15 is 0 Å². The average molecular weight is 385 g/mol. The van der Waals surface area contributed by atoms with Gasteiger partial charge >= 0.3 is 0 Å². The van der Waals surface area contributed by atoms with Crippen LogP contribution >= 0.6 is 0 Å². The van der Waals surface area contributed by atoms with E-state index in [4.69, 9.17) is 4.74 Å². The van der Waals surface area contributed by atoms with Crippen LogP contribution in [0.15, 0.2) is 48.9 Å². The van der Waals surface area contributed by atoms with Crippen LogP contribution < -0.4 is 15.0 Å². The molecule has 0 atom stereocenters. The van der Waals surface area contributed by atoms with Crippen molar-refractivity contribution >= 4 is 29.8 Å². The molecule has 2 heterocycles. The fourth-order valence-electron chi connectivity index (χ4n) is 2.28. The number of benzene rings is 1. The molecule has 1 N–H and O–H groups in total. The predicted molar refractivity (Wildman–Crippen MR) is 95.3 cm³/mol. The van der Waals surface area contributed by atoms with Gasteiger partial charge in [-0.25, -0.2) is 23.7 Å². The molecule has 2 aromatic heterocycles. The number of nitrogens with zero attached hydrogens (tertiary/aromatic N) is 4. The number of nitrogens with one attached hydrogen (secondary N) is 1. The minimum Gasteiger partial charge on any atom is -0.494 e. The number of halogens is 2. The monoisotopic (exact) mass is 385 g/mol. The maximum Gasteiger partial charge on any atom is 0.259 e. The summed E-state index contributed by atoms with van der Waals surface area (Å²) in [7, 11) is 1.43. The maximum atomic E-state index is 13.8. The molecule has 0 spiro atoms. The van der Waals surface area contributed by atoms with Gasteiger partial charge < -0.3 is 10.1 Å². The van der Waals surface area contributed by atoms with Gasteiger partial charge in [-0.1, -0.05) is 0 Å². The van der Waals surface area contributed by atoms with Gasteiger partial charge in [0.2, 0.25) is 12.4 Å². The van der Waals surface area contributed by atoms with Gasteiger partial charge in [0.15, 0.2) is 5.75 Å². The van der Waals surface area contributed by atoms with E-state index in [0.29, 0.717) is 12.2 Å². The van der Waals surface area contributed by atoms with Crippen molar-refractivity contribution in [2.24, 2.45) is 0 Å². The van der Waals surface area contributed by atoms with Crippen molar-refractivity contribution in [2.45, 2.75) is 0 Å². The molecule has 3 aromatic rings. The minimum atomic E-state index is -0.756. The van der Waals surface area contributed by atoms with Crippen molar-refractivity contribution in [1.29, 1.82) is 0 Å². The van der Waals surface area contributed by atoms with Crippen LogP contribution in [0.25, 0.3) is 0 Å². The van der Waals surface area contributed by atoms with Gasteiger partial charge in [0.25, 0.3) is 5.91 Å². The molecule has 2 amide bonds. The van der Waals surface area contributed by atoms with Crippen molar-refractivity contribution in [3.8, 4) is 5.75 Å². The second kappa shape index (κ2) is 8.16. The molecule has 0 unspecified atom stereocenters. The first-order valence-electron chi connectivity index (χ1n) is 7.85. The van der Waals surface area contributed by atoms with Crippen LogP contribution in [-0.4, -0.2) is 34.4 Å². The number of methoxy groups -OCH3 is 1. The Morgan fingerprint density at radius 3 is 2.39 bits per heavy atom. The number of amides is 2. The molecular weight excluding hydrogens is 372 g/mol. The standard InChI is InChI=1S/C18H13F2N5O3/c1-28-13-8-22-18(23-9-13)25(10-26)15-4-2-11(19)6-14(15)17(27)24-16-5-3-12(20)7-21-16/h2-10H,1H3,(H,21,24,27). The van der Waals surface area contributed by atoms with Crippen LogP contribution in [0.1, 0.15) is 10.4 Å². The molecule has 8 nitrogen and oxygen atoms in total. The van der Waals surface area contributed by atoms with Crippen LogP contribution in [0.4, 0.5) is 26.2 Å². The SMILES string of the molecule is COc1cnc(N(C=O)c2ccc(F)cc2C(=O)Nc2ccc(F)cn2)nc1. The number of hydrogen-bond donors (Lipinski definition) is 1. The van der Waals surface area contributed by atoms with E-state index in [2.05, 4.69) is 20.3 Å². The Morgan fingerprint density at radius 2 is 1.79 bits per heavy atom. The number of anilines is 3. The molecule has 0 aliphatic carbocycles. The molecule has 0 radical (unpaired) electrons. The average Bonchev–Trinajstić information content (AvgIpc) is 2.71. The predicted octanol–water partition coefficient (Wildman–Crippen LogP) is 2.71. The van der Waals surface area contributed by atoms with Crippen molar-refractivity contribution in [3.63, 3.8) is 0 Å². The van der Waals surface area contributed by atoms with Gasteiger partial charge in [-0.2, -0.15) is 0 Å². The fourth-order valence-corrected chi connectivity index (χ4v) is 2.28. The molecule has 0 bridgehead atoms. The quantitative estimate of drug-likeness (QED) is 0.656. The summed E-state index contributed by atoms with van der Waals surface area (Å²) in [6, 6.07) is 5.63. The van der Waals surface area contributed by atoms with Crippen LogP contribution in [0, 0.1) is 11.6 Å². The summed E-state index contributed by atoms with van der Waals surface area (Å²) < 4.78 is 31.7. The topological polar surface area (TPSA) is 97.3 Å². The first-order chi connectivity index (χ1) is 13.5. The Morgan fingerprint density at radius 1 is 1.07 bits per heavy atom. The van der Waals surface area contributed by atoms with E-state index in [1.807, 2.05) is 0 Å². The van der Waals surface area contributed by atoms with Crippen molar-refractivity contribution in [3.05, 3.63) is 66.1 Å². The van der Waals surface area contributed by atoms with Crippen LogP contribution in [0.2, 0.25) is 0 Å². The molecule has 0 saturated carbocycles. The second-order valence-electron chi connectivity index (χ2n) is 5.38. The second-order valence-corrected chi connectivity index (χ2v) is 5.38. The molecule has 142 valence electrons. The number of rotatable bonds is 6. The summed E-state index contributed by atoms with van der Waals surface area (Å²) in [4.78, 5) is 36.9. The van der Waals surface area contributed by atoms with Crippen molar-refractivity contribution in [1.82, 2.24) is 15.0 Å². The van der Waals surface area contributed by atoms with Gasteiger partial charge in [0.05, 0.1) is 37.0 Å². The molecule has 0 saturated heterocycles. The smallest absolute Gasteiger partial charge is 0.259 e. The molecule has 3 rings (SSSR count). The summed E-state index contributed by atoms with van der Waals surface area (Å²) in [6.07, 6.45) is 3.99. The van der Waals surface area contributed by atoms with Gasteiger partial charge in [-0.3, -0.25) is 14.5 Å². The minimum absolute atomic E-state index is 0.0428. The summed E-state index contributed by atoms with van der Waals surface area (Å²) >= 11 is 0. The molecule has 0 aliphatic rings. The Bertz CT molecular complexity index is 997. The van der Waals surface area contributed by atoms with Gasteiger partial charge in [-0.05, 0) is 30.3 Å². The van der Waals surface area contributed by atoms with E-state index in [1.165, 1.54) is 31.6 Å². The fraction of sp³-hybridized carbons (Fsp3) is 0.0556. The third-order valence-corrected chi connectivity index (χ3v) is 3.60. The van der Waals surface area contributed by atoms with Gasteiger partial charge in [-0.15, -0.1) is 0 Å². The number of carbonyl (C=O) groups excluding carboxylic acids is 2. The van der Waals surface area contributed by atoms with Crippen LogP contribution in [0.3, 0.4) is 0 Å². The molecule has 28 heavy (non-hydrogen) atoms. The lowest BCUT2D eigenvalue weighted by molar-refractivity contribution is -0.106. The number of pyridine rings is 1. The van der Waals surface area contributed by atoms with E-state index in [-0.39, 0.29) is 23.0 Å². The molecule has 0 aliphatic heterocycles. The third kappa shape index (κ3) is 4.06. The van der Waals surface area contributed by atoms with Crippen molar-refractivity contribution < 1.29 is 23.1 Å². The summed E-state index contributed by atoms with van der Waals surface area (Å²) in [5.41, 5.74) is -0.126. The Kier molecular flexibility index (Phi) is 5.49. The number of carbonyl (C=O) groups is 2. The van der Waals surface area contributed by atoms with Gasteiger partial charge in [0.1, 0.15) is 17.5 Å². The molecule has 10 heteroatoms. The van der Waals surface area contributed by atoms with E-state index in [1.54, 1.807) is 0 Å².